The van der Waals surface area contributed by atoms with Crippen molar-refractivity contribution in [2.24, 2.45) is 5.10 Å². The van der Waals surface area contributed by atoms with Gasteiger partial charge in [-0.15, -0.1) is 0 Å². The molecule has 0 radical (unpaired) electrons. The Morgan fingerprint density at radius 1 is 1.03 bits per heavy atom. The van der Waals surface area contributed by atoms with Gasteiger partial charge in [-0.25, -0.2) is 9.82 Å². The summed E-state index contributed by atoms with van der Waals surface area (Å²) >= 11 is 3.37. The van der Waals surface area contributed by atoms with Crippen LogP contribution in [0, 0.1) is 5.82 Å². The van der Waals surface area contributed by atoms with Crippen LogP contribution in [0.3, 0.4) is 0 Å². The molecule has 3 rings (SSSR count). The van der Waals surface area contributed by atoms with Crippen molar-refractivity contribution in [1.82, 2.24) is 10.7 Å². The number of nitrogens with one attached hydrogen (secondary N) is 3. The Balaban J connectivity index is 1.52. The topological polar surface area (TPSA) is 118 Å². The van der Waals surface area contributed by atoms with Crippen molar-refractivity contribution in [1.29, 1.82) is 0 Å². The molecule has 0 fully saturated rings. The molecule has 9 nitrogen and oxygen atoms in total. The second kappa shape index (κ2) is 14.1. The highest BCUT2D eigenvalue weighted by Crippen LogP contribution is 2.36. The summed E-state index contributed by atoms with van der Waals surface area (Å²) in [5.41, 5.74) is 5.19. The molecule has 0 saturated carbocycles. The third kappa shape index (κ3) is 8.92. The number of amides is 3. The lowest BCUT2D eigenvalue weighted by Gasteiger charge is -2.13. The first-order valence-corrected chi connectivity index (χ1v) is 12.7. The minimum atomic E-state index is -0.914. The monoisotopic (exact) mass is 598 g/mol. The van der Waals surface area contributed by atoms with Crippen LogP contribution in [0.4, 0.5) is 10.1 Å². The number of hydrogen-bond acceptors (Lipinski definition) is 6. The van der Waals surface area contributed by atoms with Crippen LogP contribution < -0.4 is 25.5 Å². The van der Waals surface area contributed by atoms with Crippen molar-refractivity contribution in [2.45, 2.75) is 26.3 Å². The van der Waals surface area contributed by atoms with E-state index in [1.165, 1.54) is 43.2 Å². The van der Waals surface area contributed by atoms with Gasteiger partial charge in [-0.2, -0.15) is 5.10 Å². The molecule has 0 saturated heterocycles. The Bertz CT molecular complexity index is 1350. The Morgan fingerprint density at radius 2 is 1.72 bits per heavy atom. The van der Waals surface area contributed by atoms with Crippen LogP contribution in [0.15, 0.2) is 70.2 Å². The lowest BCUT2D eigenvalue weighted by Crippen LogP contribution is -2.37. The van der Waals surface area contributed by atoms with Crippen LogP contribution in [-0.2, 0) is 20.9 Å². The SMILES string of the molecule is COc1cc(/C=N\NC(=O)C(=O)NCc2ccc(C(C)C)cc2)cc(Br)c1OCC(=O)Nc1ccc(F)cc1. The van der Waals surface area contributed by atoms with Crippen molar-refractivity contribution in [3.8, 4) is 11.5 Å². The van der Waals surface area contributed by atoms with Crippen LogP contribution >= 0.6 is 15.9 Å². The van der Waals surface area contributed by atoms with Gasteiger partial charge in [0.1, 0.15) is 5.82 Å². The second-order valence-corrected chi connectivity index (χ2v) is 9.51. The molecule has 204 valence electrons. The van der Waals surface area contributed by atoms with Crippen molar-refractivity contribution in [3.05, 3.63) is 87.6 Å². The van der Waals surface area contributed by atoms with Gasteiger partial charge in [-0.1, -0.05) is 38.1 Å². The van der Waals surface area contributed by atoms with Gasteiger partial charge in [0.15, 0.2) is 18.1 Å². The van der Waals surface area contributed by atoms with Gasteiger partial charge >= 0.3 is 11.8 Å². The number of ether oxygens (including phenoxy) is 2. The highest BCUT2D eigenvalue weighted by molar-refractivity contribution is 9.10. The number of halogens is 2. The van der Waals surface area contributed by atoms with E-state index in [9.17, 15) is 18.8 Å². The molecule has 11 heteroatoms. The lowest BCUT2D eigenvalue weighted by molar-refractivity contribution is -0.139. The van der Waals surface area contributed by atoms with E-state index in [2.05, 4.69) is 50.9 Å². The van der Waals surface area contributed by atoms with Crippen LogP contribution in [-0.4, -0.2) is 37.7 Å². The van der Waals surface area contributed by atoms with Gasteiger partial charge < -0.3 is 20.1 Å². The summed E-state index contributed by atoms with van der Waals surface area (Å²) in [5.74, 6) is -1.61. The van der Waals surface area contributed by atoms with Gasteiger partial charge in [0.25, 0.3) is 5.91 Å². The Hall–Kier alpha value is -4.25. The average Bonchev–Trinajstić information content (AvgIpc) is 2.92. The van der Waals surface area contributed by atoms with E-state index in [0.29, 0.717) is 27.4 Å². The molecular formula is C28H28BrFN4O5. The predicted molar refractivity (Wildman–Crippen MR) is 149 cm³/mol. The molecule has 0 aromatic heterocycles. The summed E-state index contributed by atoms with van der Waals surface area (Å²) in [6, 6.07) is 16.3. The standard InChI is InChI=1S/C28H28BrFN4O5/c1-17(2)20-6-4-18(5-7-20)14-31-27(36)28(37)34-32-15-19-12-23(29)26(24(13-19)38-3)39-16-25(35)33-22-10-8-21(30)9-11-22/h4-13,15,17H,14,16H2,1-3H3,(H,31,36)(H,33,35)(H,34,37)/b32-15-. The fourth-order valence-electron chi connectivity index (χ4n) is 3.32. The molecule has 0 aliphatic carbocycles. The van der Waals surface area contributed by atoms with Gasteiger partial charge in [-0.3, -0.25) is 14.4 Å². The number of rotatable bonds is 10. The van der Waals surface area contributed by atoms with Crippen molar-refractivity contribution in [2.75, 3.05) is 19.0 Å². The summed E-state index contributed by atoms with van der Waals surface area (Å²) in [5, 5.41) is 8.98. The number of hydrazone groups is 1. The Labute approximate surface area is 233 Å². The number of carbonyl (C=O) groups excluding carboxylic acids is 3. The van der Waals surface area contributed by atoms with E-state index in [-0.39, 0.29) is 18.9 Å². The zero-order valence-electron chi connectivity index (χ0n) is 21.6. The van der Waals surface area contributed by atoms with Crippen LogP contribution in [0.2, 0.25) is 0 Å². The van der Waals surface area contributed by atoms with E-state index < -0.39 is 23.5 Å². The highest BCUT2D eigenvalue weighted by Gasteiger charge is 2.15. The molecule has 3 N–H and O–H groups in total. The number of carbonyl (C=O) groups is 3. The molecule has 3 aromatic carbocycles. The highest BCUT2D eigenvalue weighted by atomic mass is 79.9. The molecule has 3 aromatic rings. The number of benzene rings is 3. The van der Waals surface area contributed by atoms with Gasteiger partial charge in [0.2, 0.25) is 0 Å². The fourth-order valence-corrected chi connectivity index (χ4v) is 3.90. The number of hydrogen-bond donors (Lipinski definition) is 3. The molecule has 0 bridgehead atoms. The van der Waals surface area contributed by atoms with Crippen LogP contribution in [0.5, 0.6) is 11.5 Å². The summed E-state index contributed by atoms with van der Waals surface area (Å²) in [4.78, 5) is 36.4. The minimum Gasteiger partial charge on any atom is -0.493 e. The first kappa shape index (κ1) is 29.3. The Kier molecular flexibility index (Phi) is 10.6. The van der Waals surface area contributed by atoms with Gasteiger partial charge in [-0.05, 0) is 74.9 Å². The molecule has 3 amide bonds. The molecule has 0 spiro atoms. The van der Waals surface area contributed by atoms with Crippen molar-refractivity contribution < 1.29 is 28.2 Å². The molecule has 0 aliphatic rings. The number of anilines is 1. The largest absolute Gasteiger partial charge is 0.493 e. The summed E-state index contributed by atoms with van der Waals surface area (Å²) < 4.78 is 24.4. The summed E-state index contributed by atoms with van der Waals surface area (Å²) in [7, 11) is 1.43. The molecule has 39 heavy (non-hydrogen) atoms. The third-order valence-electron chi connectivity index (χ3n) is 5.41. The third-order valence-corrected chi connectivity index (χ3v) is 6.00. The molecule has 0 unspecified atom stereocenters. The maximum atomic E-state index is 13.0. The average molecular weight is 599 g/mol. The zero-order valence-corrected chi connectivity index (χ0v) is 23.2. The number of nitrogens with zero attached hydrogens (tertiary/aromatic N) is 1. The summed E-state index contributed by atoms with van der Waals surface area (Å²) in [6.45, 7) is 4.07. The maximum Gasteiger partial charge on any atom is 0.329 e. The maximum absolute atomic E-state index is 13.0. The Morgan fingerprint density at radius 3 is 2.36 bits per heavy atom. The lowest BCUT2D eigenvalue weighted by atomic mass is 10.0. The fraction of sp³-hybridized carbons (Fsp3) is 0.214. The van der Waals surface area contributed by atoms with E-state index in [4.69, 9.17) is 9.47 Å². The number of methoxy groups -OCH3 is 1. The van der Waals surface area contributed by atoms with E-state index >= 15 is 0 Å². The van der Waals surface area contributed by atoms with Crippen molar-refractivity contribution in [3.63, 3.8) is 0 Å². The quantitative estimate of drug-likeness (QED) is 0.180. The first-order valence-electron chi connectivity index (χ1n) is 11.9. The molecule has 0 atom stereocenters. The van der Waals surface area contributed by atoms with Gasteiger partial charge in [0.05, 0.1) is 17.8 Å². The van der Waals surface area contributed by atoms with Crippen LogP contribution in [0.25, 0.3) is 0 Å². The second-order valence-electron chi connectivity index (χ2n) is 8.66. The molecule has 0 heterocycles. The molecule has 0 aliphatic heterocycles. The minimum absolute atomic E-state index is 0.210. The van der Waals surface area contributed by atoms with E-state index in [1.54, 1.807) is 12.1 Å². The predicted octanol–water partition coefficient (Wildman–Crippen LogP) is 4.50. The normalized spacial score (nSPS) is 10.8. The van der Waals surface area contributed by atoms with E-state index in [1.807, 2.05) is 24.3 Å². The first-order chi connectivity index (χ1) is 18.7. The van der Waals surface area contributed by atoms with Gasteiger partial charge in [0, 0.05) is 12.2 Å². The molecular weight excluding hydrogens is 571 g/mol. The summed E-state index contributed by atoms with van der Waals surface area (Å²) in [6.07, 6.45) is 1.33. The van der Waals surface area contributed by atoms with Crippen LogP contribution in [0.1, 0.15) is 36.5 Å². The smallest absolute Gasteiger partial charge is 0.329 e. The van der Waals surface area contributed by atoms with E-state index in [0.717, 1.165) is 5.56 Å². The zero-order chi connectivity index (χ0) is 28.4. The van der Waals surface area contributed by atoms with Crippen molar-refractivity contribution >= 4 is 45.6 Å².